The predicted octanol–water partition coefficient (Wildman–Crippen LogP) is 1.72. The molecule has 0 heterocycles. The van der Waals surface area contributed by atoms with Crippen LogP contribution in [-0.2, 0) is 4.74 Å². The second-order valence-corrected chi connectivity index (χ2v) is 4.36. The van der Waals surface area contributed by atoms with E-state index in [1.165, 1.54) is 39.0 Å². The molecule has 4 nitrogen and oxygen atoms in total. The molecular formula is C10H20N2O2. The Balaban J connectivity index is 0.000000171. The van der Waals surface area contributed by atoms with Crippen LogP contribution in [0, 0.1) is 5.41 Å². The summed E-state index contributed by atoms with van der Waals surface area (Å²) in [6.07, 6.45) is 7.74. The molecule has 0 atom stereocenters. The zero-order valence-corrected chi connectivity index (χ0v) is 8.99. The highest BCUT2D eigenvalue weighted by molar-refractivity contribution is 5.76. The zero-order chi connectivity index (χ0) is 10.6. The Labute approximate surface area is 85.1 Å². The van der Waals surface area contributed by atoms with E-state index in [1.807, 2.05) is 7.11 Å². The Bertz CT molecular complexity index is 200. The fraction of sp³-hybridized carbons (Fsp3) is 0.900. The number of methoxy groups -OCH3 is 1. The molecule has 0 aliphatic heterocycles. The van der Waals surface area contributed by atoms with E-state index in [0.717, 1.165) is 5.41 Å². The molecule has 0 aromatic carbocycles. The zero-order valence-electron chi connectivity index (χ0n) is 8.99. The SMILES string of the molecule is C/C(N)=N/O.COC1CC2(CCC2)C1. The highest BCUT2D eigenvalue weighted by Crippen LogP contribution is 2.56. The van der Waals surface area contributed by atoms with Crippen molar-refractivity contribution in [2.24, 2.45) is 16.3 Å². The lowest BCUT2D eigenvalue weighted by molar-refractivity contribution is -0.100. The normalized spacial score (nSPS) is 24.6. The number of hydrogen-bond donors (Lipinski definition) is 2. The molecule has 4 heteroatoms. The summed E-state index contributed by atoms with van der Waals surface area (Å²) in [5.74, 6) is 0.185. The van der Waals surface area contributed by atoms with Crippen molar-refractivity contribution in [3.05, 3.63) is 0 Å². The quantitative estimate of drug-likeness (QED) is 0.293. The summed E-state index contributed by atoms with van der Waals surface area (Å²) in [6, 6.07) is 0. The lowest BCUT2D eigenvalue weighted by atomic mass is 9.55. The van der Waals surface area contributed by atoms with E-state index in [1.54, 1.807) is 0 Å². The van der Waals surface area contributed by atoms with Gasteiger partial charge in [-0.3, -0.25) is 0 Å². The van der Waals surface area contributed by atoms with Crippen LogP contribution in [0.2, 0.25) is 0 Å². The average Bonchev–Trinajstić information content (AvgIpc) is 2.01. The Morgan fingerprint density at radius 1 is 1.50 bits per heavy atom. The Hall–Kier alpha value is -0.770. The Morgan fingerprint density at radius 3 is 2.21 bits per heavy atom. The molecule has 82 valence electrons. The molecule has 0 aromatic heterocycles. The van der Waals surface area contributed by atoms with Crippen molar-refractivity contribution in [3.8, 4) is 0 Å². The minimum absolute atomic E-state index is 0.185. The van der Waals surface area contributed by atoms with E-state index >= 15 is 0 Å². The second-order valence-electron chi connectivity index (χ2n) is 4.36. The Kier molecular flexibility index (Phi) is 3.75. The maximum atomic E-state index is 7.61. The van der Waals surface area contributed by atoms with Crippen LogP contribution in [0.3, 0.4) is 0 Å². The summed E-state index contributed by atoms with van der Waals surface area (Å²) in [6.45, 7) is 1.50. The first-order valence-corrected chi connectivity index (χ1v) is 5.09. The van der Waals surface area contributed by atoms with Gasteiger partial charge >= 0.3 is 0 Å². The molecule has 3 N–H and O–H groups in total. The van der Waals surface area contributed by atoms with Crippen LogP contribution in [0.1, 0.15) is 39.0 Å². The molecule has 14 heavy (non-hydrogen) atoms. The van der Waals surface area contributed by atoms with Gasteiger partial charge in [0.2, 0.25) is 0 Å². The smallest absolute Gasteiger partial charge is 0.135 e. The maximum absolute atomic E-state index is 7.61. The number of nitrogens with two attached hydrogens (primary N) is 1. The van der Waals surface area contributed by atoms with Crippen LogP contribution in [0.15, 0.2) is 5.16 Å². The van der Waals surface area contributed by atoms with Gasteiger partial charge in [-0.1, -0.05) is 11.6 Å². The summed E-state index contributed by atoms with van der Waals surface area (Å²) in [7, 11) is 1.83. The van der Waals surface area contributed by atoms with E-state index in [-0.39, 0.29) is 5.84 Å². The van der Waals surface area contributed by atoms with Crippen LogP contribution in [0.4, 0.5) is 0 Å². The lowest BCUT2D eigenvalue weighted by Crippen LogP contribution is -2.46. The molecular weight excluding hydrogens is 180 g/mol. The van der Waals surface area contributed by atoms with Gasteiger partial charge in [0.05, 0.1) is 6.10 Å². The third-order valence-corrected chi connectivity index (χ3v) is 3.23. The molecule has 0 saturated heterocycles. The van der Waals surface area contributed by atoms with Crippen LogP contribution >= 0.6 is 0 Å². The first-order valence-electron chi connectivity index (χ1n) is 5.09. The van der Waals surface area contributed by atoms with E-state index in [0.29, 0.717) is 6.10 Å². The van der Waals surface area contributed by atoms with Gasteiger partial charge in [0, 0.05) is 7.11 Å². The average molecular weight is 200 g/mol. The summed E-state index contributed by atoms with van der Waals surface area (Å²) >= 11 is 0. The standard InChI is InChI=1S/C8H14O.C2H6N2O/c1-9-7-5-8(6-7)3-2-4-8;1-2(3)4-5/h7H,2-6H2,1H3;5H,1H3,(H2,3,4). The molecule has 0 aromatic rings. The van der Waals surface area contributed by atoms with Gasteiger partial charge in [-0.25, -0.2) is 0 Å². The monoisotopic (exact) mass is 200 g/mol. The van der Waals surface area contributed by atoms with Gasteiger partial charge < -0.3 is 15.7 Å². The number of amidine groups is 1. The van der Waals surface area contributed by atoms with Crippen LogP contribution in [0.25, 0.3) is 0 Å². The predicted molar refractivity (Wildman–Crippen MR) is 55.4 cm³/mol. The van der Waals surface area contributed by atoms with Gasteiger partial charge in [-0.05, 0) is 38.0 Å². The molecule has 2 aliphatic carbocycles. The van der Waals surface area contributed by atoms with Gasteiger partial charge in [-0.15, -0.1) is 0 Å². The van der Waals surface area contributed by atoms with Gasteiger partial charge in [0.25, 0.3) is 0 Å². The van der Waals surface area contributed by atoms with E-state index in [9.17, 15) is 0 Å². The van der Waals surface area contributed by atoms with Crippen molar-refractivity contribution in [1.82, 2.24) is 0 Å². The largest absolute Gasteiger partial charge is 0.409 e. The topological polar surface area (TPSA) is 67.8 Å². The van der Waals surface area contributed by atoms with Gasteiger partial charge in [-0.2, -0.15) is 0 Å². The summed E-state index contributed by atoms with van der Waals surface area (Å²) in [5.41, 5.74) is 5.58. The first kappa shape index (κ1) is 11.3. The summed E-state index contributed by atoms with van der Waals surface area (Å²) < 4.78 is 5.22. The number of hydrogen-bond acceptors (Lipinski definition) is 3. The van der Waals surface area contributed by atoms with Crippen molar-refractivity contribution in [2.75, 3.05) is 7.11 Å². The van der Waals surface area contributed by atoms with Crippen molar-refractivity contribution < 1.29 is 9.94 Å². The molecule has 0 amide bonds. The van der Waals surface area contributed by atoms with Crippen LogP contribution < -0.4 is 5.73 Å². The second kappa shape index (κ2) is 4.64. The van der Waals surface area contributed by atoms with Gasteiger partial charge in [0.15, 0.2) is 0 Å². The fourth-order valence-corrected chi connectivity index (χ4v) is 2.16. The van der Waals surface area contributed by atoms with Crippen molar-refractivity contribution in [2.45, 2.75) is 45.1 Å². The molecule has 0 bridgehead atoms. The lowest BCUT2D eigenvalue weighted by Gasteiger charge is -2.53. The van der Waals surface area contributed by atoms with E-state index in [4.69, 9.17) is 15.7 Å². The van der Waals surface area contributed by atoms with Crippen LogP contribution in [-0.4, -0.2) is 24.3 Å². The molecule has 1 spiro atoms. The molecule has 2 fully saturated rings. The molecule has 2 saturated carbocycles. The third-order valence-electron chi connectivity index (χ3n) is 3.23. The summed E-state index contributed by atoms with van der Waals surface area (Å²) in [5, 5.41) is 10.2. The minimum Gasteiger partial charge on any atom is -0.409 e. The number of oxime groups is 1. The third kappa shape index (κ3) is 2.61. The highest BCUT2D eigenvalue weighted by atomic mass is 16.5. The molecule has 2 rings (SSSR count). The molecule has 0 unspecified atom stereocenters. The van der Waals surface area contributed by atoms with Crippen LogP contribution in [0.5, 0.6) is 0 Å². The number of rotatable bonds is 1. The highest BCUT2D eigenvalue weighted by Gasteiger charge is 2.48. The molecule has 0 radical (unpaired) electrons. The fourth-order valence-electron chi connectivity index (χ4n) is 2.16. The van der Waals surface area contributed by atoms with Crippen molar-refractivity contribution >= 4 is 5.84 Å². The van der Waals surface area contributed by atoms with Gasteiger partial charge in [0.1, 0.15) is 5.84 Å². The maximum Gasteiger partial charge on any atom is 0.135 e. The minimum atomic E-state index is 0.185. The van der Waals surface area contributed by atoms with Crippen molar-refractivity contribution in [3.63, 3.8) is 0 Å². The summed E-state index contributed by atoms with van der Waals surface area (Å²) in [4.78, 5) is 0. The van der Waals surface area contributed by atoms with E-state index < -0.39 is 0 Å². The number of ether oxygens (including phenoxy) is 1. The number of nitrogens with zero attached hydrogens (tertiary/aromatic N) is 1. The first-order chi connectivity index (χ1) is 6.62. The van der Waals surface area contributed by atoms with Crippen molar-refractivity contribution in [1.29, 1.82) is 0 Å². The Morgan fingerprint density at radius 2 is 2.00 bits per heavy atom. The van der Waals surface area contributed by atoms with E-state index in [2.05, 4.69) is 5.16 Å². The molecule has 2 aliphatic rings.